The lowest BCUT2D eigenvalue weighted by atomic mass is 10.2. The lowest BCUT2D eigenvalue weighted by Crippen LogP contribution is -2.46. The molecule has 1 aliphatic heterocycles. The maximum absolute atomic E-state index is 8.95. The Hall–Kier alpha value is -1.35. The molecule has 1 aromatic rings. The fourth-order valence-electron chi connectivity index (χ4n) is 2.81. The minimum absolute atomic E-state index is 0.172. The number of halogens is 1. The van der Waals surface area contributed by atoms with Crippen molar-refractivity contribution in [3.63, 3.8) is 0 Å². The summed E-state index contributed by atoms with van der Waals surface area (Å²) in [4.78, 5) is 8.93. The van der Waals surface area contributed by atoms with E-state index in [2.05, 4.69) is 27.9 Å². The molecule has 3 rings (SSSR count). The van der Waals surface area contributed by atoms with Gasteiger partial charge < -0.3 is 14.5 Å². The summed E-state index contributed by atoms with van der Waals surface area (Å²) in [5.74, 6) is 1.50. The fourth-order valence-corrected chi connectivity index (χ4v) is 3.09. The molecule has 2 fully saturated rings. The zero-order chi connectivity index (χ0) is 15.5. The molecule has 1 saturated carbocycles. The number of hydrogen-bond acceptors (Lipinski definition) is 5. The third-order valence-corrected chi connectivity index (χ3v) is 4.47. The van der Waals surface area contributed by atoms with E-state index in [4.69, 9.17) is 21.6 Å². The molecule has 0 amide bonds. The van der Waals surface area contributed by atoms with Crippen molar-refractivity contribution < 1.29 is 4.74 Å². The van der Waals surface area contributed by atoms with E-state index >= 15 is 0 Å². The quantitative estimate of drug-likeness (QED) is 0.832. The Morgan fingerprint density at radius 1 is 1.50 bits per heavy atom. The van der Waals surface area contributed by atoms with Crippen LogP contribution in [0.5, 0.6) is 0 Å². The standard InChI is InChI=1S/C16H21ClN4O/c1-20-4-5-22-14(10-20)11-21(9-12-2-3-12)16-15(17)6-13(7-18)8-19-16/h6,8,12,14H,2-5,9-11H2,1H3/t14-/m0/s1. The number of hydrogen-bond donors (Lipinski definition) is 0. The van der Waals surface area contributed by atoms with E-state index in [1.807, 2.05) is 0 Å². The summed E-state index contributed by atoms with van der Waals surface area (Å²) in [6, 6.07) is 3.77. The summed E-state index contributed by atoms with van der Waals surface area (Å²) in [6.45, 7) is 4.43. The molecule has 1 saturated heterocycles. The maximum atomic E-state index is 8.95. The van der Waals surface area contributed by atoms with Crippen molar-refractivity contribution in [3.05, 3.63) is 22.8 Å². The summed E-state index contributed by atoms with van der Waals surface area (Å²) >= 11 is 6.35. The number of nitriles is 1. The Balaban J connectivity index is 1.75. The predicted molar refractivity (Wildman–Crippen MR) is 86.1 cm³/mol. The van der Waals surface area contributed by atoms with Gasteiger partial charge in [0.25, 0.3) is 0 Å². The van der Waals surface area contributed by atoms with Gasteiger partial charge in [-0.2, -0.15) is 5.26 Å². The third-order valence-electron chi connectivity index (χ3n) is 4.19. The Bertz CT molecular complexity index is 570. The first kappa shape index (κ1) is 15.5. The van der Waals surface area contributed by atoms with Crippen molar-refractivity contribution in [3.8, 4) is 6.07 Å². The summed E-state index contributed by atoms with van der Waals surface area (Å²) in [7, 11) is 2.12. The second kappa shape index (κ2) is 6.82. The Morgan fingerprint density at radius 2 is 2.32 bits per heavy atom. The molecule has 1 aliphatic carbocycles. The van der Waals surface area contributed by atoms with E-state index in [0.29, 0.717) is 10.6 Å². The fraction of sp³-hybridized carbons (Fsp3) is 0.625. The zero-order valence-corrected chi connectivity index (χ0v) is 13.6. The number of aromatic nitrogens is 1. The lowest BCUT2D eigenvalue weighted by molar-refractivity contribution is -0.0149. The molecule has 0 radical (unpaired) electrons. The molecule has 2 heterocycles. The molecular weight excluding hydrogens is 300 g/mol. The number of nitrogens with zero attached hydrogens (tertiary/aromatic N) is 4. The number of rotatable bonds is 5. The highest BCUT2D eigenvalue weighted by molar-refractivity contribution is 6.33. The van der Waals surface area contributed by atoms with Gasteiger partial charge in [-0.15, -0.1) is 0 Å². The van der Waals surface area contributed by atoms with Gasteiger partial charge in [-0.05, 0) is 31.9 Å². The topological polar surface area (TPSA) is 52.4 Å². The minimum atomic E-state index is 0.172. The average Bonchev–Trinajstić information content (AvgIpc) is 3.30. The normalized spacial score (nSPS) is 22.3. The molecule has 2 aliphatic rings. The van der Waals surface area contributed by atoms with E-state index in [0.717, 1.165) is 44.5 Å². The van der Waals surface area contributed by atoms with E-state index in [1.54, 1.807) is 12.3 Å². The zero-order valence-electron chi connectivity index (χ0n) is 12.8. The average molecular weight is 321 g/mol. The second-order valence-electron chi connectivity index (χ2n) is 6.24. The first-order valence-electron chi connectivity index (χ1n) is 7.76. The number of morpholine rings is 1. The highest BCUT2D eigenvalue weighted by Gasteiger charge is 2.29. The monoisotopic (exact) mass is 320 g/mol. The van der Waals surface area contributed by atoms with Crippen molar-refractivity contribution in [1.82, 2.24) is 9.88 Å². The number of pyridine rings is 1. The number of likely N-dealkylation sites (N-methyl/N-ethyl adjacent to an activating group) is 1. The van der Waals surface area contributed by atoms with E-state index in [1.165, 1.54) is 12.8 Å². The molecule has 0 unspecified atom stereocenters. The van der Waals surface area contributed by atoms with Crippen molar-refractivity contribution in [1.29, 1.82) is 5.26 Å². The van der Waals surface area contributed by atoms with Crippen LogP contribution in [0.1, 0.15) is 18.4 Å². The molecule has 0 N–H and O–H groups in total. The summed E-state index contributed by atoms with van der Waals surface area (Å²) in [6.07, 6.45) is 4.31. The Kier molecular flexibility index (Phi) is 4.82. The van der Waals surface area contributed by atoms with Gasteiger partial charge >= 0.3 is 0 Å². The van der Waals surface area contributed by atoms with Gasteiger partial charge in [0.1, 0.15) is 11.9 Å². The van der Waals surface area contributed by atoms with Crippen molar-refractivity contribution in [2.45, 2.75) is 18.9 Å². The summed E-state index contributed by atoms with van der Waals surface area (Å²) in [5, 5.41) is 9.49. The van der Waals surface area contributed by atoms with E-state index in [9.17, 15) is 0 Å². The molecule has 1 atom stereocenters. The van der Waals surface area contributed by atoms with E-state index in [-0.39, 0.29) is 6.10 Å². The van der Waals surface area contributed by atoms with Crippen LogP contribution in [0.2, 0.25) is 5.02 Å². The SMILES string of the molecule is CN1CCO[C@H](CN(CC2CC2)c2ncc(C#N)cc2Cl)C1. The molecule has 0 aromatic carbocycles. The molecule has 0 bridgehead atoms. The molecular formula is C16H21ClN4O. The number of anilines is 1. The molecule has 0 spiro atoms. The highest BCUT2D eigenvalue weighted by Crippen LogP contribution is 2.33. The van der Waals surface area contributed by atoms with Crippen LogP contribution in [0, 0.1) is 17.2 Å². The van der Waals surface area contributed by atoms with Crippen LogP contribution in [0.4, 0.5) is 5.82 Å². The minimum Gasteiger partial charge on any atom is -0.374 e. The smallest absolute Gasteiger partial charge is 0.147 e. The predicted octanol–water partition coefficient (Wildman–Crippen LogP) is 2.15. The second-order valence-corrected chi connectivity index (χ2v) is 6.65. The van der Waals surface area contributed by atoms with Gasteiger partial charge in [-0.3, -0.25) is 0 Å². The lowest BCUT2D eigenvalue weighted by Gasteiger charge is -2.34. The van der Waals surface area contributed by atoms with Crippen LogP contribution < -0.4 is 4.90 Å². The molecule has 118 valence electrons. The largest absolute Gasteiger partial charge is 0.374 e. The maximum Gasteiger partial charge on any atom is 0.147 e. The van der Waals surface area contributed by atoms with Gasteiger partial charge in [0, 0.05) is 32.4 Å². The van der Waals surface area contributed by atoms with Crippen LogP contribution in [-0.4, -0.2) is 55.8 Å². The first-order chi connectivity index (χ1) is 10.7. The van der Waals surface area contributed by atoms with Gasteiger partial charge in [-0.25, -0.2) is 4.98 Å². The third kappa shape index (κ3) is 3.89. The Morgan fingerprint density at radius 3 is 2.95 bits per heavy atom. The van der Waals surface area contributed by atoms with Crippen molar-refractivity contribution in [2.24, 2.45) is 5.92 Å². The van der Waals surface area contributed by atoms with Gasteiger partial charge in [0.2, 0.25) is 0 Å². The van der Waals surface area contributed by atoms with Crippen LogP contribution >= 0.6 is 11.6 Å². The first-order valence-corrected chi connectivity index (χ1v) is 8.14. The summed E-state index contributed by atoms with van der Waals surface area (Å²) in [5.41, 5.74) is 0.494. The van der Waals surface area contributed by atoms with Crippen LogP contribution in [-0.2, 0) is 4.74 Å². The molecule has 5 nitrogen and oxygen atoms in total. The van der Waals surface area contributed by atoms with E-state index < -0.39 is 0 Å². The summed E-state index contributed by atoms with van der Waals surface area (Å²) < 4.78 is 5.88. The van der Waals surface area contributed by atoms with Crippen molar-refractivity contribution in [2.75, 3.05) is 44.7 Å². The van der Waals surface area contributed by atoms with Crippen LogP contribution in [0.25, 0.3) is 0 Å². The molecule has 22 heavy (non-hydrogen) atoms. The van der Waals surface area contributed by atoms with Gasteiger partial charge in [0.15, 0.2) is 0 Å². The van der Waals surface area contributed by atoms with Crippen LogP contribution in [0.3, 0.4) is 0 Å². The highest BCUT2D eigenvalue weighted by atomic mass is 35.5. The Labute approximate surface area is 136 Å². The van der Waals surface area contributed by atoms with Gasteiger partial charge in [-0.1, -0.05) is 11.6 Å². The number of ether oxygens (including phenoxy) is 1. The molecule has 6 heteroatoms. The molecule has 1 aromatic heterocycles. The van der Waals surface area contributed by atoms with Crippen LogP contribution in [0.15, 0.2) is 12.3 Å². The van der Waals surface area contributed by atoms with Crippen molar-refractivity contribution >= 4 is 17.4 Å². The van der Waals surface area contributed by atoms with Gasteiger partial charge in [0.05, 0.1) is 23.3 Å².